The van der Waals surface area contributed by atoms with Crippen molar-refractivity contribution >= 4 is 5.97 Å². The van der Waals surface area contributed by atoms with Gasteiger partial charge in [-0.05, 0) is 67.3 Å². The number of cyclic esters (lactones) is 1. The zero-order chi connectivity index (χ0) is 19.5. The molecule has 0 unspecified atom stereocenters. The van der Waals surface area contributed by atoms with Crippen LogP contribution in [0.2, 0.25) is 0 Å². The van der Waals surface area contributed by atoms with Gasteiger partial charge in [0, 0.05) is 11.8 Å². The fourth-order valence-corrected chi connectivity index (χ4v) is 7.27. The van der Waals surface area contributed by atoms with Gasteiger partial charge in [0.25, 0.3) is 0 Å². The van der Waals surface area contributed by atoms with Crippen molar-refractivity contribution < 1.29 is 14.6 Å². The Morgan fingerprint density at radius 1 is 1.04 bits per heavy atom. The Kier molecular flexibility index (Phi) is 4.24. The van der Waals surface area contributed by atoms with Gasteiger partial charge in [0.1, 0.15) is 6.10 Å². The number of ether oxygens (including phenoxy) is 1. The molecule has 1 aromatic carbocycles. The average molecular weight is 381 g/mol. The van der Waals surface area contributed by atoms with E-state index in [9.17, 15) is 9.90 Å². The average Bonchev–Trinajstić information content (AvgIpc) is 2.69. The van der Waals surface area contributed by atoms with Gasteiger partial charge in [0.05, 0.1) is 6.10 Å². The molecule has 0 spiro atoms. The van der Waals surface area contributed by atoms with Gasteiger partial charge in [-0.15, -0.1) is 0 Å². The first-order valence-electron chi connectivity index (χ1n) is 11.0. The number of hydrogen-bond acceptors (Lipinski definition) is 3. The van der Waals surface area contributed by atoms with Crippen LogP contribution in [0.4, 0.5) is 0 Å². The molecule has 3 heteroatoms. The fourth-order valence-electron chi connectivity index (χ4n) is 7.27. The summed E-state index contributed by atoms with van der Waals surface area (Å²) in [7, 11) is 0. The van der Waals surface area contributed by atoms with Crippen LogP contribution < -0.4 is 0 Å². The zero-order valence-electron chi connectivity index (χ0n) is 17.1. The van der Waals surface area contributed by atoms with E-state index in [2.05, 4.69) is 32.1 Å². The van der Waals surface area contributed by atoms with Crippen LogP contribution in [-0.4, -0.2) is 17.2 Å². The van der Waals surface area contributed by atoms with E-state index in [0.29, 0.717) is 24.2 Å². The molecule has 150 valence electrons. The minimum Gasteiger partial charge on any atom is -0.457 e. The molecule has 5 rings (SSSR count). The highest BCUT2D eigenvalue weighted by molar-refractivity contribution is 5.71. The maximum atomic E-state index is 12.7. The van der Waals surface area contributed by atoms with Crippen LogP contribution in [0.1, 0.15) is 70.5 Å². The Morgan fingerprint density at radius 3 is 2.61 bits per heavy atom. The smallest absolute Gasteiger partial charge is 0.306 e. The number of allylic oxidation sites excluding steroid dienone is 1. The van der Waals surface area contributed by atoms with Gasteiger partial charge in [0.15, 0.2) is 0 Å². The number of carbonyl (C=O) groups excluding carboxylic acids is 1. The SMILES string of the molecule is C[C@]12CC[C@H]3[C@@H](CC=C4C[C@@H](O)CC[C@@]43C)[C@@H]1CC(=O)O[C@H]2c1ccccc1. The number of esters is 1. The highest BCUT2D eigenvalue weighted by Crippen LogP contribution is 2.65. The van der Waals surface area contributed by atoms with Crippen LogP contribution in [0.25, 0.3) is 0 Å². The topological polar surface area (TPSA) is 46.5 Å². The minimum absolute atomic E-state index is 0.00626. The molecule has 0 bridgehead atoms. The molecule has 2 saturated carbocycles. The lowest BCUT2D eigenvalue weighted by Gasteiger charge is -2.60. The van der Waals surface area contributed by atoms with Crippen molar-refractivity contribution in [3.05, 3.63) is 47.5 Å². The van der Waals surface area contributed by atoms with Gasteiger partial charge in [-0.2, -0.15) is 0 Å². The Hall–Kier alpha value is -1.61. The molecule has 1 aromatic rings. The number of carbonyl (C=O) groups is 1. The van der Waals surface area contributed by atoms with E-state index in [-0.39, 0.29) is 29.0 Å². The Bertz CT molecular complexity index is 799. The number of aliphatic hydroxyl groups is 1. The second kappa shape index (κ2) is 6.45. The minimum atomic E-state index is -0.170. The summed E-state index contributed by atoms with van der Waals surface area (Å²) in [6.07, 6.45) is 8.87. The summed E-state index contributed by atoms with van der Waals surface area (Å²) in [4.78, 5) is 12.7. The highest BCUT2D eigenvalue weighted by atomic mass is 16.5. The van der Waals surface area contributed by atoms with Gasteiger partial charge in [-0.1, -0.05) is 55.8 Å². The fraction of sp³-hybridized carbons (Fsp3) is 0.640. The Morgan fingerprint density at radius 2 is 1.82 bits per heavy atom. The molecule has 4 aliphatic rings. The van der Waals surface area contributed by atoms with Crippen molar-refractivity contribution in [3.63, 3.8) is 0 Å². The van der Waals surface area contributed by atoms with E-state index in [1.54, 1.807) is 0 Å². The molecule has 0 radical (unpaired) electrons. The van der Waals surface area contributed by atoms with Gasteiger partial charge >= 0.3 is 5.97 Å². The molecule has 28 heavy (non-hydrogen) atoms. The van der Waals surface area contributed by atoms with Crippen LogP contribution >= 0.6 is 0 Å². The van der Waals surface area contributed by atoms with Crippen molar-refractivity contribution in [3.8, 4) is 0 Å². The molecule has 3 nitrogen and oxygen atoms in total. The largest absolute Gasteiger partial charge is 0.457 e. The maximum absolute atomic E-state index is 12.7. The van der Waals surface area contributed by atoms with Crippen molar-refractivity contribution in [2.24, 2.45) is 28.6 Å². The summed E-state index contributed by atoms with van der Waals surface area (Å²) in [5.41, 5.74) is 2.83. The van der Waals surface area contributed by atoms with Crippen LogP contribution in [-0.2, 0) is 9.53 Å². The van der Waals surface area contributed by atoms with E-state index in [4.69, 9.17) is 4.74 Å². The lowest BCUT2D eigenvalue weighted by molar-refractivity contribution is -0.193. The predicted molar refractivity (Wildman–Crippen MR) is 108 cm³/mol. The molecule has 7 atom stereocenters. The lowest BCUT2D eigenvalue weighted by atomic mass is 9.45. The summed E-state index contributed by atoms with van der Waals surface area (Å²) in [6.45, 7) is 4.80. The quantitative estimate of drug-likeness (QED) is 0.538. The molecule has 1 N–H and O–H groups in total. The van der Waals surface area contributed by atoms with E-state index in [1.807, 2.05) is 18.2 Å². The van der Waals surface area contributed by atoms with Crippen LogP contribution in [0, 0.1) is 28.6 Å². The van der Waals surface area contributed by atoms with Gasteiger partial charge in [0.2, 0.25) is 0 Å². The number of aliphatic hydroxyl groups excluding tert-OH is 1. The molecular weight excluding hydrogens is 348 g/mol. The van der Waals surface area contributed by atoms with Crippen molar-refractivity contribution in [1.82, 2.24) is 0 Å². The van der Waals surface area contributed by atoms with Crippen LogP contribution in [0.5, 0.6) is 0 Å². The molecule has 1 heterocycles. The third-order valence-corrected chi connectivity index (χ3v) is 8.85. The molecular formula is C25H32O3. The van der Waals surface area contributed by atoms with Gasteiger partial charge in [-0.25, -0.2) is 0 Å². The van der Waals surface area contributed by atoms with Crippen molar-refractivity contribution in [1.29, 1.82) is 0 Å². The normalized spacial score (nSPS) is 45.2. The molecule has 0 aromatic heterocycles. The maximum Gasteiger partial charge on any atom is 0.306 e. The number of hydrogen-bond donors (Lipinski definition) is 1. The second-order valence-electron chi connectivity index (χ2n) is 10.2. The summed E-state index contributed by atoms with van der Waals surface area (Å²) in [6, 6.07) is 10.3. The summed E-state index contributed by atoms with van der Waals surface area (Å²) < 4.78 is 5.98. The van der Waals surface area contributed by atoms with E-state index >= 15 is 0 Å². The van der Waals surface area contributed by atoms with Gasteiger partial charge in [-0.3, -0.25) is 4.79 Å². The first-order valence-corrected chi connectivity index (χ1v) is 11.0. The van der Waals surface area contributed by atoms with Crippen molar-refractivity contribution in [2.45, 2.75) is 71.0 Å². The number of rotatable bonds is 1. The monoisotopic (exact) mass is 380 g/mol. The lowest BCUT2D eigenvalue weighted by Crippen LogP contribution is -2.55. The predicted octanol–water partition coefficient (Wildman–Crippen LogP) is 5.20. The van der Waals surface area contributed by atoms with Crippen LogP contribution in [0.15, 0.2) is 42.0 Å². The number of fused-ring (bicyclic) bond motifs is 5. The molecule has 3 aliphatic carbocycles. The van der Waals surface area contributed by atoms with E-state index in [1.165, 1.54) is 12.0 Å². The second-order valence-corrected chi connectivity index (χ2v) is 10.2. The first kappa shape index (κ1) is 18.4. The summed E-state index contributed by atoms with van der Waals surface area (Å²) in [5.74, 6) is 1.51. The molecule has 1 aliphatic heterocycles. The third-order valence-electron chi connectivity index (χ3n) is 8.85. The summed E-state index contributed by atoms with van der Waals surface area (Å²) >= 11 is 0. The van der Waals surface area contributed by atoms with E-state index < -0.39 is 0 Å². The third kappa shape index (κ3) is 2.62. The number of benzene rings is 1. The van der Waals surface area contributed by atoms with Crippen molar-refractivity contribution in [2.75, 3.05) is 0 Å². The summed E-state index contributed by atoms with van der Waals surface area (Å²) in [5, 5.41) is 10.2. The molecule has 1 saturated heterocycles. The first-order chi connectivity index (χ1) is 13.4. The molecule has 3 fully saturated rings. The van der Waals surface area contributed by atoms with E-state index in [0.717, 1.165) is 37.7 Å². The highest BCUT2D eigenvalue weighted by Gasteiger charge is 2.59. The standard InChI is InChI=1S/C25H32O3/c1-24-12-10-18(26)14-17(24)8-9-19-20(24)11-13-25(2)21(19)15-22(27)28-23(25)16-6-4-3-5-7-16/h3-8,18-21,23,26H,9-15H2,1-2H3/t18-,19+,20-,21-,23-,24-,25-/m0/s1. The Labute approximate surface area is 168 Å². The molecule has 0 amide bonds. The van der Waals surface area contributed by atoms with Crippen LogP contribution in [0.3, 0.4) is 0 Å². The Balaban J connectivity index is 1.52. The van der Waals surface area contributed by atoms with Gasteiger partial charge < -0.3 is 9.84 Å². The zero-order valence-corrected chi connectivity index (χ0v) is 17.1.